The van der Waals surface area contributed by atoms with Crippen molar-refractivity contribution in [1.29, 1.82) is 0 Å². The molecule has 2 N–H and O–H groups in total. The summed E-state index contributed by atoms with van der Waals surface area (Å²) in [5, 5.41) is 2.33. The monoisotopic (exact) mass is 209 g/mol. The lowest BCUT2D eigenvalue weighted by atomic mass is 10.1. The summed E-state index contributed by atoms with van der Waals surface area (Å²) < 4.78 is 0. The van der Waals surface area contributed by atoms with E-state index in [0.29, 0.717) is 0 Å². The Morgan fingerprint density at radius 3 is 2.62 bits per heavy atom. The van der Waals surface area contributed by atoms with Crippen molar-refractivity contribution in [3.8, 4) is 11.8 Å². The number of amides is 1. The largest absolute Gasteiger partial charge is 0.369 e. The number of benzene rings is 2. The first kappa shape index (κ1) is 10.3. The predicted octanol–water partition coefficient (Wildman–Crippen LogP) is 2.07. The molecule has 0 heterocycles. The molecule has 0 radical (unpaired) electrons. The fourth-order valence-electron chi connectivity index (χ4n) is 1.50. The van der Waals surface area contributed by atoms with Crippen LogP contribution in [-0.2, 0) is 4.79 Å². The van der Waals surface area contributed by atoms with Crippen molar-refractivity contribution >= 4 is 16.7 Å². The lowest BCUT2D eigenvalue weighted by Gasteiger charge is -1.97. The van der Waals surface area contributed by atoms with Crippen LogP contribution in [0.5, 0.6) is 0 Å². The van der Waals surface area contributed by atoms with Gasteiger partial charge in [-0.2, -0.15) is 0 Å². The smallest absolute Gasteiger partial charge is 0.229 e. The van der Waals surface area contributed by atoms with E-state index < -0.39 is 5.91 Å². The molecule has 0 unspecified atom stereocenters. The van der Waals surface area contributed by atoms with Gasteiger partial charge in [-0.1, -0.05) is 42.2 Å². The number of nitrogens with two attached hydrogens (primary N) is 1. The molecule has 16 heavy (non-hydrogen) atoms. The highest BCUT2D eigenvalue weighted by atomic mass is 16.1. The maximum absolute atomic E-state index is 10.5. The Morgan fingerprint density at radius 1 is 1.12 bits per heavy atom. The Balaban J connectivity index is 2.31. The Labute approximate surface area is 94.1 Å². The van der Waals surface area contributed by atoms with Crippen LogP contribution < -0.4 is 5.73 Å². The highest BCUT2D eigenvalue weighted by Crippen LogP contribution is 2.14. The van der Waals surface area contributed by atoms with E-state index in [9.17, 15) is 4.79 Å². The Morgan fingerprint density at radius 2 is 1.88 bits per heavy atom. The minimum Gasteiger partial charge on any atom is -0.369 e. The van der Waals surface area contributed by atoms with Crippen LogP contribution in [0.4, 0.5) is 0 Å². The number of carbonyl (C=O) groups excluding carboxylic acids is 1. The van der Waals surface area contributed by atoms with Gasteiger partial charge in [0.05, 0.1) is 6.42 Å². The summed E-state index contributed by atoms with van der Waals surface area (Å²) >= 11 is 0. The molecular formula is C14H11NO. The third-order valence-electron chi connectivity index (χ3n) is 2.24. The van der Waals surface area contributed by atoms with E-state index in [-0.39, 0.29) is 6.42 Å². The molecule has 0 saturated heterocycles. The summed E-state index contributed by atoms with van der Waals surface area (Å²) in [6.45, 7) is 0. The number of fused-ring (bicyclic) bond motifs is 1. The fraction of sp³-hybridized carbons (Fsp3) is 0.0714. The van der Waals surface area contributed by atoms with Gasteiger partial charge in [-0.25, -0.2) is 0 Å². The molecule has 2 nitrogen and oxygen atoms in total. The highest BCUT2D eigenvalue weighted by molar-refractivity contribution is 5.84. The van der Waals surface area contributed by atoms with Crippen LogP contribution in [0.1, 0.15) is 12.0 Å². The lowest BCUT2D eigenvalue weighted by Crippen LogP contribution is -2.08. The minimum absolute atomic E-state index is 0.104. The van der Waals surface area contributed by atoms with Crippen molar-refractivity contribution in [3.63, 3.8) is 0 Å². The van der Waals surface area contributed by atoms with Crippen LogP contribution in [0.3, 0.4) is 0 Å². The van der Waals surface area contributed by atoms with Crippen molar-refractivity contribution < 1.29 is 4.79 Å². The van der Waals surface area contributed by atoms with Gasteiger partial charge in [0.25, 0.3) is 0 Å². The van der Waals surface area contributed by atoms with Gasteiger partial charge in [0.2, 0.25) is 5.91 Å². The molecule has 78 valence electrons. The third-order valence-corrected chi connectivity index (χ3v) is 2.24. The quantitative estimate of drug-likeness (QED) is 0.718. The molecule has 2 aromatic rings. The first-order valence-electron chi connectivity index (χ1n) is 5.02. The summed E-state index contributed by atoms with van der Waals surface area (Å²) in [7, 11) is 0. The molecule has 0 aliphatic heterocycles. The molecule has 2 heteroatoms. The van der Waals surface area contributed by atoms with E-state index in [0.717, 1.165) is 10.9 Å². The molecule has 0 aromatic heterocycles. The van der Waals surface area contributed by atoms with Crippen LogP contribution in [-0.4, -0.2) is 5.91 Å². The van der Waals surface area contributed by atoms with Crippen LogP contribution in [0.2, 0.25) is 0 Å². The van der Waals surface area contributed by atoms with Crippen molar-refractivity contribution in [2.75, 3.05) is 0 Å². The molecule has 0 bridgehead atoms. The second kappa shape index (κ2) is 4.50. The fourth-order valence-corrected chi connectivity index (χ4v) is 1.50. The molecule has 0 aliphatic carbocycles. The van der Waals surface area contributed by atoms with Crippen LogP contribution >= 0.6 is 0 Å². The number of carbonyl (C=O) groups is 1. The van der Waals surface area contributed by atoms with Crippen molar-refractivity contribution in [1.82, 2.24) is 0 Å². The van der Waals surface area contributed by atoms with E-state index in [2.05, 4.69) is 17.9 Å². The summed E-state index contributed by atoms with van der Waals surface area (Å²) in [6.07, 6.45) is 0.104. The number of hydrogen-bond acceptors (Lipinski definition) is 1. The summed E-state index contributed by atoms with van der Waals surface area (Å²) in [4.78, 5) is 10.5. The summed E-state index contributed by atoms with van der Waals surface area (Å²) in [5.74, 6) is 5.26. The van der Waals surface area contributed by atoms with Crippen LogP contribution in [0.25, 0.3) is 10.8 Å². The molecule has 0 atom stereocenters. The van der Waals surface area contributed by atoms with Gasteiger partial charge in [0, 0.05) is 5.56 Å². The molecule has 0 spiro atoms. The van der Waals surface area contributed by atoms with E-state index in [4.69, 9.17) is 5.73 Å². The Hall–Kier alpha value is -2.27. The van der Waals surface area contributed by atoms with Crippen molar-refractivity contribution in [2.45, 2.75) is 6.42 Å². The second-order valence-corrected chi connectivity index (χ2v) is 3.51. The average Bonchev–Trinajstić information content (AvgIpc) is 2.28. The van der Waals surface area contributed by atoms with Gasteiger partial charge in [0.1, 0.15) is 0 Å². The lowest BCUT2D eigenvalue weighted by molar-refractivity contribution is -0.117. The standard InChI is InChI=1S/C14H11NO/c15-14(16)7-3-4-11-8-9-12-5-1-2-6-13(12)10-11/h1-2,5-6,8-10H,7H2,(H2,15,16). The zero-order valence-electron chi connectivity index (χ0n) is 8.73. The first-order valence-corrected chi connectivity index (χ1v) is 5.02. The predicted molar refractivity (Wildman–Crippen MR) is 64.6 cm³/mol. The van der Waals surface area contributed by atoms with E-state index in [1.54, 1.807) is 0 Å². The first-order chi connectivity index (χ1) is 7.75. The molecule has 0 saturated carbocycles. The summed E-state index contributed by atoms with van der Waals surface area (Å²) in [5.41, 5.74) is 5.91. The van der Waals surface area contributed by atoms with Crippen molar-refractivity contribution in [2.24, 2.45) is 5.73 Å². The average molecular weight is 209 g/mol. The zero-order valence-corrected chi connectivity index (χ0v) is 8.73. The Bertz CT molecular complexity index is 590. The van der Waals surface area contributed by atoms with Crippen LogP contribution in [0, 0.1) is 11.8 Å². The molecular weight excluding hydrogens is 198 g/mol. The normalized spacial score (nSPS) is 9.50. The molecule has 2 aromatic carbocycles. The van der Waals surface area contributed by atoms with Crippen molar-refractivity contribution in [3.05, 3.63) is 48.0 Å². The van der Waals surface area contributed by atoms with E-state index >= 15 is 0 Å². The topological polar surface area (TPSA) is 43.1 Å². The number of rotatable bonds is 1. The molecule has 0 fully saturated rings. The molecule has 2 rings (SSSR count). The highest BCUT2D eigenvalue weighted by Gasteiger charge is 1.93. The zero-order chi connectivity index (χ0) is 11.4. The third kappa shape index (κ3) is 2.40. The summed E-state index contributed by atoms with van der Waals surface area (Å²) in [6, 6.07) is 14.0. The van der Waals surface area contributed by atoms with E-state index in [1.165, 1.54) is 5.39 Å². The molecule has 1 amide bonds. The second-order valence-electron chi connectivity index (χ2n) is 3.51. The van der Waals surface area contributed by atoms with Gasteiger partial charge >= 0.3 is 0 Å². The number of hydrogen-bond donors (Lipinski definition) is 1. The van der Waals surface area contributed by atoms with Gasteiger partial charge in [-0.3, -0.25) is 4.79 Å². The Kier molecular flexibility index (Phi) is 2.88. The van der Waals surface area contributed by atoms with Gasteiger partial charge in [0.15, 0.2) is 0 Å². The minimum atomic E-state index is -0.395. The van der Waals surface area contributed by atoms with Crippen LogP contribution in [0.15, 0.2) is 42.5 Å². The SMILES string of the molecule is NC(=O)CC#Cc1ccc2ccccc2c1. The molecule has 0 aliphatic rings. The van der Waals surface area contributed by atoms with Gasteiger partial charge in [-0.15, -0.1) is 0 Å². The maximum Gasteiger partial charge on any atom is 0.229 e. The number of primary amides is 1. The van der Waals surface area contributed by atoms with Gasteiger partial charge < -0.3 is 5.73 Å². The van der Waals surface area contributed by atoms with E-state index in [1.807, 2.05) is 36.4 Å². The maximum atomic E-state index is 10.5. The van der Waals surface area contributed by atoms with Gasteiger partial charge in [-0.05, 0) is 22.9 Å².